The Hall–Kier alpha value is -0.770. The van der Waals surface area contributed by atoms with Gasteiger partial charge in [-0.15, -0.1) is 0 Å². The summed E-state index contributed by atoms with van der Waals surface area (Å²) in [6, 6.07) is -1.22. The lowest BCUT2D eigenvalue weighted by Crippen LogP contribution is -2.52. The van der Waals surface area contributed by atoms with Gasteiger partial charge in [0.1, 0.15) is 30.5 Å². The summed E-state index contributed by atoms with van der Waals surface area (Å²) in [7, 11) is 1.47. The van der Waals surface area contributed by atoms with Crippen LogP contribution in [0.2, 0.25) is 0 Å². The molecule has 2 aliphatic heterocycles. The van der Waals surface area contributed by atoms with E-state index in [1.807, 2.05) is 0 Å². The molecule has 21 heavy (non-hydrogen) atoms. The second-order valence-electron chi connectivity index (χ2n) is 5.54. The SMILES string of the molecule is CCOC(=O)C(N)C(O)[C@H]1O[C@@H](OC)[C@@H]2OC(C)(C)O[C@@H]21. The standard InChI is InChI=1S/C13H23NO7/c1-5-18-11(16)6(14)7(15)8-9-10(12(17-4)19-8)21-13(2,3)20-9/h6-10,12,15H,5,14H2,1-4H3/t6?,7?,8-,9-,10-,12-/m1/s1. The van der Waals surface area contributed by atoms with Crippen LogP contribution in [0.4, 0.5) is 0 Å². The van der Waals surface area contributed by atoms with Gasteiger partial charge in [-0.1, -0.05) is 0 Å². The first-order valence-electron chi connectivity index (χ1n) is 6.95. The fourth-order valence-electron chi connectivity index (χ4n) is 2.64. The molecule has 2 aliphatic rings. The van der Waals surface area contributed by atoms with Crippen molar-refractivity contribution in [2.45, 2.75) is 63.3 Å². The van der Waals surface area contributed by atoms with Crippen LogP contribution >= 0.6 is 0 Å². The third kappa shape index (κ3) is 3.20. The average Bonchev–Trinajstić information content (AvgIpc) is 2.90. The van der Waals surface area contributed by atoms with Crippen LogP contribution in [-0.2, 0) is 28.5 Å². The summed E-state index contributed by atoms with van der Waals surface area (Å²) < 4.78 is 27.0. The van der Waals surface area contributed by atoms with Crippen LogP contribution in [-0.4, -0.2) is 67.3 Å². The molecule has 2 saturated heterocycles. The first-order valence-corrected chi connectivity index (χ1v) is 6.95. The Morgan fingerprint density at radius 1 is 1.38 bits per heavy atom. The number of rotatable bonds is 5. The fraction of sp³-hybridized carbons (Fsp3) is 0.923. The molecule has 0 aliphatic carbocycles. The normalized spacial score (nSPS) is 37.0. The molecule has 0 aromatic heterocycles. The molecule has 0 amide bonds. The molecule has 0 radical (unpaired) electrons. The van der Waals surface area contributed by atoms with E-state index < -0.39 is 48.5 Å². The van der Waals surface area contributed by atoms with Crippen LogP contribution in [0.5, 0.6) is 0 Å². The number of hydrogen-bond acceptors (Lipinski definition) is 8. The molecule has 0 aromatic rings. The lowest BCUT2D eigenvalue weighted by molar-refractivity contribution is -0.238. The fourth-order valence-corrected chi connectivity index (χ4v) is 2.64. The van der Waals surface area contributed by atoms with E-state index >= 15 is 0 Å². The molecule has 8 nitrogen and oxygen atoms in total. The highest BCUT2D eigenvalue weighted by Gasteiger charge is 2.58. The number of fused-ring (bicyclic) bond motifs is 1. The van der Waals surface area contributed by atoms with Gasteiger partial charge in [0.15, 0.2) is 12.1 Å². The minimum Gasteiger partial charge on any atom is -0.465 e. The minimum atomic E-state index is -1.28. The molecule has 2 unspecified atom stereocenters. The predicted octanol–water partition coefficient (Wildman–Crippen LogP) is -0.871. The van der Waals surface area contributed by atoms with Crippen molar-refractivity contribution in [3.05, 3.63) is 0 Å². The zero-order valence-corrected chi connectivity index (χ0v) is 12.6. The van der Waals surface area contributed by atoms with Crippen molar-refractivity contribution in [3.63, 3.8) is 0 Å². The van der Waals surface area contributed by atoms with E-state index in [4.69, 9.17) is 29.4 Å². The summed E-state index contributed by atoms with van der Waals surface area (Å²) in [5.41, 5.74) is 5.72. The number of aliphatic hydroxyl groups is 1. The highest BCUT2D eigenvalue weighted by Crippen LogP contribution is 2.40. The van der Waals surface area contributed by atoms with Gasteiger partial charge in [-0.2, -0.15) is 0 Å². The van der Waals surface area contributed by atoms with Gasteiger partial charge in [0.05, 0.1) is 6.61 Å². The summed E-state index contributed by atoms with van der Waals surface area (Å²) in [6.45, 7) is 5.36. The van der Waals surface area contributed by atoms with E-state index in [9.17, 15) is 9.90 Å². The zero-order chi connectivity index (χ0) is 15.8. The van der Waals surface area contributed by atoms with Crippen LogP contribution in [0, 0.1) is 0 Å². The Morgan fingerprint density at radius 3 is 2.57 bits per heavy atom. The molecule has 2 fully saturated rings. The molecular formula is C13H23NO7. The van der Waals surface area contributed by atoms with Gasteiger partial charge in [0.2, 0.25) is 0 Å². The molecule has 2 rings (SSSR count). The smallest absolute Gasteiger partial charge is 0.325 e. The topological polar surface area (TPSA) is 109 Å². The molecule has 3 N–H and O–H groups in total. The van der Waals surface area contributed by atoms with Crippen molar-refractivity contribution in [1.82, 2.24) is 0 Å². The monoisotopic (exact) mass is 305 g/mol. The van der Waals surface area contributed by atoms with E-state index in [2.05, 4.69) is 0 Å². The second-order valence-corrected chi connectivity index (χ2v) is 5.54. The van der Waals surface area contributed by atoms with E-state index in [1.165, 1.54) is 7.11 Å². The van der Waals surface area contributed by atoms with E-state index in [0.717, 1.165) is 0 Å². The number of hydrogen-bond donors (Lipinski definition) is 2. The molecule has 0 saturated carbocycles. The average molecular weight is 305 g/mol. The van der Waals surface area contributed by atoms with Crippen molar-refractivity contribution >= 4 is 5.97 Å². The number of carbonyl (C=O) groups is 1. The third-order valence-corrected chi connectivity index (χ3v) is 3.54. The first-order chi connectivity index (χ1) is 9.80. The number of nitrogens with two attached hydrogens (primary N) is 1. The van der Waals surface area contributed by atoms with E-state index in [0.29, 0.717) is 0 Å². The summed E-state index contributed by atoms with van der Waals surface area (Å²) in [5.74, 6) is -1.51. The Balaban J connectivity index is 2.10. The quantitative estimate of drug-likeness (QED) is 0.631. The number of aliphatic hydroxyl groups excluding tert-OH is 1. The summed E-state index contributed by atoms with van der Waals surface area (Å²) in [4.78, 5) is 11.6. The maximum Gasteiger partial charge on any atom is 0.325 e. The van der Waals surface area contributed by atoms with Gasteiger partial charge in [-0.25, -0.2) is 0 Å². The molecule has 0 bridgehead atoms. The van der Waals surface area contributed by atoms with Gasteiger partial charge in [0.25, 0.3) is 0 Å². The lowest BCUT2D eigenvalue weighted by atomic mass is 10.0. The Morgan fingerprint density at radius 2 is 2.00 bits per heavy atom. The first kappa shape index (κ1) is 16.6. The highest BCUT2D eigenvalue weighted by atomic mass is 16.8. The third-order valence-electron chi connectivity index (χ3n) is 3.54. The minimum absolute atomic E-state index is 0.185. The number of carbonyl (C=O) groups excluding carboxylic acids is 1. The van der Waals surface area contributed by atoms with Crippen molar-refractivity contribution in [1.29, 1.82) is 0 Å². The van der Waals surface area contributed by atoms with E-state index in [-0.39, 0.29) is 6.61 Å². The molecular weight excluding hydrogens is 282 g/mol. The van der Waals surface area contributed by atoms with Gasteiger partial charge >= 0.3 is 5.97 Å². The van der Waals surface area contributed by atoms with Crippen molar-refractivity contribution in [2.75, 3.05) is 13.7 Å². The maximum absolute atomic E-state index is 11.6. The van der Waals surface area contributed by atoms with Crippen LogP contribution < -0.4 is 5.73 Å². The molecule has 0 aromatic carbocycles. The molecule has 6 atom stereocenters. The van der Waals surface area contributed by atoms with E-state index in [1.54, 1.807) is 20.8 Å². The lowest BCUT2D eigenvalue weighted by Gasteiger charge is -2.28. The Bertz CT molecular complexity index is 389. The molecule has 2 heterocycles. The Kier molecular flexibility index (Phi) is 4.86. The number of methoxy groups -OCH3 is 1. The summed E-state index contributed by atoms with van der Waals surface area (Å²) >= 11 is 0. The maximum atomic E-state index is 11.6. The van der Waals surface area contributed by atoms with Crippen LogP contribution in [0.3, 0.4) is 0 Å². The van der Waals surface area contributed by atoms with Gasteiger partial charge in [-0.05, 0) is 20.8 Å². The van der Waals surface area contributed by atoms with Gasteiger partial charge in [-0.3, -0.25) is 4.79 Å². The van der Waals surface area contributed by atoms with Crippen molar-refractivity contribution in [2.24, 2.45) is 5.73 Å². The van der Waals surface area contributed by atoms with Gasteiger partial charge < -0.3 is 34.5 Å². The largest absolute Gasteiger partial charge is 0.465 e. The molecule has 0 spiro atoms. The predicted molar refractivity (Wildman–Crippen MR) is 70.1 cm³/mol. The van der Waals surface area contributed by atoms with Crippen LogP contribution in [0.1, 0.15) is 20.8 Å². The molecule has 8 heteroatoms. The van der Waals surface area contributed by atoms with Gasteiger partial charge in [0, 0.05) is 7.11 Å². The van der Waals surface area contributed by atoms with Crippen LogP contribution in [0.25, 0.3) is 0 Å². The Labute approximate surface area is 123 Å². The van der Waals surface area contributed by atoms with Crippen molar-refractivity contribution < 1.29 is 33.6 Å². The van der Waals surface area contributed by atoms with Crippen molar-refractivity contribution in [3.8, 4) is 0 Å². The number of esters is 1. The highest BCUT2D eigenvalue weighted by molar-refractivity contribution is 5.76. The summed E-state index contributed by atoms with van der Waals surface area (Å²) in [5, 5.41) is 10.3. The summed E-state index contributed by atoms with van der Waals surface area (Å²) in [6.07, 6.45) is -3.86. The second kappa shape index (κ2) is 6.15. The zero-order valence-electron chi connectivity index (χ0n) is 12.6. The molecule has 122 valence electrons. The van der Waals surface area contributed by atoms with Crippen LogP contribution in [0.15, 0.2) is 0 Å². The number of ether oxygens (including phenoxy) is 5.